The van der Waals surface area contributed by atoms with E-state index in [1.807, 2.05) is 24.3 Å². The molecule has 1 aliphatic carbocycles. The number of carbonyl (C=O) groups is 1. The van der Waals surface area contributed by atoms with Gasteiger partial charge in [0.1, 0.15) is 5.75 Å². The van der Waals surface area contributed by atoms with Crippen LogP contribution in [0.1, 0.15) is 25.7 Å². The molecule has 0 spiro atoms. The van der Waals surface area contributed by atoms with Crippen molar-refractivity contribution >= 4 is 16.7 Å². The van der Waals surface area contributed by atoms with Gasteiger partial charge in [0, 0.05) is 24.4 Å². The number of benzene rings is 2. The van der Waals surface area contributed by atoms with E-state index in [1.165, 1.54) is 12.8 Å². The van der Waals surface area contributed by atoms with Crippen LogP contribution >= 0.6 is 0 Å². The predicted octanol–water partition coefficient (Wildman–Crippen LogP) is 2.85. The van der Waals surface area contributed by atoms with Crippen molar-refractivity contribution in [1.29, 1.82) is 0 Å². The van der Waals surface area contributed by atoms with Crippen LogP contribution in [-0.4, -0.2) is 25.1 Å². The summed E-state index contributed by atoms with van der Waals surface area (Å²) in [6, 6.07) is 14.3. The van der Waals surface area contributed by atoms with Gasteiger partial charge in [-0.3, -0.25) is 4.79 Å². The summed E-state index contributed by atoms with van der Waals surface area (Å²) in [6.07, 6.45) is 3.59. The topological polar surface area (TPSA) is 64.3 Å². The van der Waals surface area contributed by atoms with Gasteiger partial charge in [0.2, 0.25) is 5.91 Å². The number of amides is 1. The van der Waals surface area contributed by atoms with E-state index in [2.05, 4.69) is 23.5 Å². The largest absolute Gasteiger partial charge is 0.493 e. The van der Waals surface area contributed by atoms with Crippen LogP contribution in [0.5, 0.6) is 5.75 Å². The molecule has 0 radical (unpaired) electrons. The number of nitrogens with one attached hydrogen (secondary N) is 1. The molecule has 23 heavy (non-hydrogen) atoms. The summed E-state index contributed by atoms with van der Waals surface area (Å²) < 4.78 is 5.84. The van der Waals surface area contributed by atoms with E-state index >= 15 is 0 Å². The molecule has 1 aliphatic rings. The van der Waals surface area contributed by atoms with E-state index in [9.17, 15) is 4.79 Å². The van der Waals surface area contributed by atoms with Crippen LogP contribution in [0.15, 0.2) is 42.5 Å². The first-order valence-electron chi connectivity index (χ1n) is 8.37. The van der Waals surface area contributed by atoms with E-state index in [-0.39, 0.29) is 11.9 Å². The zero-order valence-corrected chi connectivity index (χ0v) is 13.3. The molecule has 1 atom stereocenters. The maximum atomic E-state index is 11.8. The molecule has 1 amide bonds. The minimum absolute atomic E-state index is 0.0580. The van der Waals surface area contributed by atoms with Crippen LogP contribution in [0, 0.1) is 5.92 Å². The lowest BCUT2D eigenvalue weighted by molar-refractivity contribution is -0.121. The molecule has 0 aromatic heterocycles. The van der Waals surface area contributed by atoms with Crippen molar-refractivity contribution in [3.63, 3.8) is 0 Å². The van der Waals surface area contributed by atoms with Gasteiger partial charge in [0.05, 0.1) is 6.61 Å². The third-order valence-electron chi connectivity index (χ3n) is 4.32. The second kappa shape index (κ2) is 7.47. The summed E-state index contributed by atoms with van der Waals surface area (Å²) in [5.41, 5.74) is 5.97. The van der Waals surface area contributed by atoms with Gasteiger partial charge in [-0.1, -0.05) is 36.4 Å². The zero-order chi connectivity index (χ0) is 16.1. The van der Waals surface area contributed by atoms with Crippen molar-refractivity contribution in [3.05, 3.63) is 42.5 Å². The Morgan fingerprint density at radius 1 is 1.22 bits per heavy atom. The highest BCUT2D eigenvalue weighted by atomic mass is 16.5. The lowest BCUT2D eigenvalue weighted by Crippen LogP contribution is -2.38. The van der Waals surface area contributed by atoms with E-state index in [4.69, 9.17) is 10.5 Å². The van der Waals surface area contributed by atoms with Gasteiger partial charge in [-0.25, -0.2) is 0 Å². The molecule has 1 saturated carbocycles. The highest BCUT2D eigenvalue weighted by Gasteiger charge is 2.28. The Bertz CT molecular complexity index is 662. The molecule has 1 unspecified atom stereocenters. The second-order valence-electron chi connectivity index (χ2n) is 6.23. The first-order valence-corrected chi connectivity index (χ1v) is 8.37. The van der Waals surface area contributed by atoms with E-state index in [0.29, 0.717) is 31.9 Å². The SMILES string of the molecule is NC(CNC(=O)CCCOc1cccc2ccccc12)C1CC1. The molecule has 3 rings (SSSR count). The van der Waals surface area contributed by atoms with Crippen molar-refractivity contribution < 1.29 is 9.53 Å². The number of nitrogens with two attached hydrogens (primary N) is 1. The molecule has 3 N–H and O–H groups in total. The number of ether oxygens (including phenoxy) is 1. The third kappa shape index (κ3) is 4.45. The second-order valence-corrected chi connectivity index (χ2v) is 6.23. The molecule has 0 saturated heterocycles. The van der Waals surface area contributed by atoms with Crippen molar-refractivity contribution in [1.82, 2.24) is 5.32 Å². The van der Waals surface area contributed by atoms with Gasteiger partial charge < -0.3 is 15.8 Å². The van der Waals surface area contributed by atoms with Crippen LogP contribution in [-0.2, 0) is 4.79 Å². The zero-order valence-electron chi connectivity index (χ0n) is 13.3. The number of hydrogen-bond acceptors (Lipinski definition) is 3. The van der Waals surface area contributed by atoms with Crippen molar-refractivity contribution in [3.8, 4) is 5.75 Å². The van der Waals surface area contributed by atoms with Crippen molar-refractivity contribution in [2.75, 3.05) is 13.2 Å². The van der Waals surface area contributed by atoms with Gasteiger partial charge >= 0.3 is 0 Å². The fraction of sp³-hybridized carbons (Fsp3) is 0.421. The number of fused-ring (bicyclic) bond motifs is 1. The minimum Gasteiger partial charge on any atom is -0.493 e. The number of hydrogen-bond donors (Lipinski definition) is 2. The molecular formula is C19H24N2O2. The Kier molecular flexibility index (Phi) is 5.13. The van der Waals surface area contributed by atoms with Crippen LogP contribution < -0.4 is 15.8 Å². The fourth-order valence-electron chi connectivity index (χ4n) is 2.75. The molecule has 122 valence electrons. The van der Waals surface area contributed by atoms with Gasteiger partial charge in [-0.15, -0.1) is 0 Å². The summed E-state index contributed by atoms with van der Waals surface area (Å²) in [4.78, 5) is 11.8. The van der Waals surface area contributed by atoms with Crippen LogP contribution in [0.2, 0.25) is 0 Å². The maximum absolute atomic E-state index is 11.8. The van der Waals surface area contributed by atoms with Gasteiger partial charge in [-0.05, 0) is 36.6 Å². The maximum Gasteiger partial charge on any atom is 0.220 e. The lowest BCUT2D eigenvalue weighted by Gasteiger charge is -2.12. The van der Waals surface area contributed by atoms with E-state index < -0.39 is 0 Å². The molecule has 2 aromatic carbocycles. The first-order chi connectivity index (χ1) is 11.2. The van der Waals surface area contributed by atoms with Crippen LogP contribution in [0.3, 0.4) is 0 Å². The number of rotatable bonds is 8. The first kappa shape index (κ1) is 15.8. The fourth-order valence-corrected chi connectivity index (χ4v) is 2.75. The standard InChI is InChI=1S/C19H24N2O2/c20-17(15-10-11-15)13-21-19(22)9-4-12-23-18-8-3-6-14-5-1-2-7-16(14)18/h1-3,5-8,15,17H,4,9-13,20H2,(H,21,22). The monoisotopic (exact) mass is 312 g/mol. The summed E-state index contributed by atoms with van der Waals surface area (Å²) in [5.74, 6) is 1.55. The van der Waals surface area contributed by atoms with Crippen LogP contribution in [0.25, 0.3) is 10.8 Å². The number of carbonyl (C=O) groups excluding carboxylic acids is 1. The molecule has 0 aliphatic heterocycles. The predicted molar refractivity (Wildman–Crippen MR) is 92.4 cm³/mol. The van der Waals surface area contributed by atoms with Gasteiger partial charge in [0.25, 0.3) is 0 Å². The summed E-state index contributed by atoms with van der Waals surface area (Å²) in [5, 5.41) is 5.18. The van der Waals surface area contributed by atoms with Crippen molar-refractivity contribution in [2.45, 2.75) is 31.7 Å². The lowest BCUT2D eigenvalue weighted by atomic mass is 10.1. The van der Waals surface area contributed by atoms with E-state index in [0.717, 1.165) is 16.5 Å². The average molecular weight is 312 g/mol. The molecule has 4 nitrogen and oxygen atoms in total. The molecule has 4 heteroatoms. The van der Waals surface area contributed by atoms with Crippen molar-refractivity contribution in [2.24, 2.45) is 11.7 Å². The Balaban J connectivity index is 1.39. The Morgan fingerprint density at radius 3 is 2.83 bits per heavy atom. The molecule has 2 aromatic rings. The average Bonchev–Trinajstić information content (AvgIpc) is 3.41. The van der Waals surface area contributed by atoms with Gasteiger partial charge in [0.15, 0.2) is 0 Å². The molecule has 1 fully saturated rings. The quantitative estimate of drug-likeness (QED) is 0.737. The Morgan fingerprint density at radius 2 is 2.00 bits per heavy atom. The molecule has 0 bridgehead atoms. The smallest absolute Gasteiger partial charge is 0.220 e. The van der Waals surface area contributed by atoms with Gasteiger partial charge in [-0.2, -0.15) is 0 Å². The third-order valence-corrected chi connectivity index (χ3v) is 4.32. The normalized spacial score (nSPS) is 15.3. The Labute approximate surface area is 137 Å². The summed E-state index contributed by atoms with van der Waals surface area (Å²) in [7, 11) is 0. The highest BCUT2D eigenvalue weighted by Crippen LogP contribution is 2.31. The summed E-state index contributed by atoms with van der Waals surface area (Å²) >= 11 is 0. The molecule has 0 heterocycles. The molecular weight excluding hydrogens is 288 g/mol. The van der Waals surface area contributed by atoms with E-state index in [1.54, 1.807) is 0 Å². The Hall–Kier alpha value is -2.07. The van der Waals surface area contributed by atoms with Crippen LogP contribution in [0.4, 0.5) is 0 Å². The highest BCUT2D eigenvalue weighted by molar-refractivity contribution is 5.88. The summed E-state index contributed by atoms with van der Waals surface area (Å²) in [6.45, 7) is 1.13. The minimum atomic E-state index is 0.0580.